The molecule has 0 saturated carbocycles. The quantitative estimate of drug-likeness (QED) is 0.296. The van der Waals surface area contributed by atoms with Crippen molar-refractivity contribution in [2.45, 2.75) is 70.1 Å². The molecule has 1 aromatic heterocycles. The molecule has 2 fully saturated rings. The third-order valence-electron chi connectivity index (χ3n) is 8.57. The number of benzene rings is 2. The van der Waals surface area contributed by atoms with Crippen LogP contribution in [0, 0.1) is 5.41 Å². The number of piperidine rings is 1. The zero-order valence-corrected chi connectivity index (χ0v) is 29.4. The average molecular weight is 700 g/mol. The molecule has 3 heterocycles. The van der Waals surface area contributed by atoms with Crippen molar-refractivity contribution < 1.29 is 32.2 Å². The standard InChI is InChI=1S/C34H42ClN5O7S/c1-6-45-30(41)27-19-34(21-40(27)32(42)47-33(2,3)4)12-14-39(15-13-34)28-18-29(38-31(36)37-28)46-20-23-10-11-24(35)17-26(23)22-8-7-9-25(16-22)48(5,43)44/h7-11,16-18,27H,6,12-15,19-21H2,1-5H3,(H2,36,37,38). The van der Waals surface area contributed by atoms with Crippen molar-refractivity contribution in [3.8, 4) is 17.0 Å². The van der Waals surface area contributed by atoms with E-state index in [2.05, 4.69) is 14.9 Å². The van der Waals surface area contributed by atoms with Crippen LogP contribution in [-0.4, -0.2) is 79.5 Å². The van der Waals surface area contributed by atoms with E-state index in [1.165, 1.54) is 11.2 Å². The first-order valence-corrected chi connectivity index (χ1v) is 18.1. The van der Waals surface area contributed by atoms with E-state index < -0.39 is 33.5 Å². The first-order chi connectivity index (χ1) is 22.6. The number of nitrogens with two attached hydrogens (primary N) is 1. The number of ether oxygens (including phenoxy) is 3. The van der Waals surface area contributed by atoms with Crippen molar-refractivity contribution in [1.82, 2.24) is 14.9 Å². The van der Waals surface area contributed by atoms with Crippen LogP contribution in [0.5, 0.6) is 5.88 Å². The van der Waals surface area contributed by atoms with Gasteiger partial charge >= 0.3 is 12.1 Å². The molecule has 1 atom stereocenters. The average Bonchev–Trinajstić information content (AvgIpc) is 3.39. The van der Waals surface area contributed by atoms with Crippen LogP contribution in [0.1, 0.15) is 52.5 Å². The molecule has 0 aliphatic carbocycles. The van der Waals surface area contributed by atoms with Crippen LogP contribution in [0.25, 0.3) is 11.1 Å². The Morgan fingerprint density at radius 2 is 1.81 bits per heavy atom. The number of nitrogen functional groups attached to an aromatic ring is 1. The lowest BCUT2D eigenvalue weighted by Gasteiger charge is -2.39. The Bertz CT molecular complexity index is 1790. The van der Waals surface area contributed by atoms with E-state index in [1.54, 1.807) is 64.1 Å². The molecule has 3 aromatic rings. The molecule has 0 radical (unpaired) electrons. The topological polar surface area (TPSA) is 154 Å². The summed E-state index contributed by atoms with van der Waals surface area (Å²) in [6.07, 6.45) is 2.57. The Morgan fingerprint density at radius 1 is 1.08 bits per heavy atom. The minimum atomic E-state index is -3.41. The first-order valence-electron chi connectivity index (χ1n) is 15.8. The smallest absolute Gasteiger partial charge is 0.411 e. The second-order valence-corrected chi connectivity index (χ2v) is 15.8. The number of hydrogen-bond donors (Lipinski definition) is 1. The highest BCUT2D eigenvalue weighted by Crippen LogP contribution is 2.45. The summed E-state index contributed by atoms with van der Waals surface area (Å²) in [5.74, 6) is 0.524. The number of esters is 1. The van der Waals surface area contributed by atoms with Gasteiger partial charge in [-0.05, 0) is 93.3 Å². The number of amides is 1. The maximum absolute atomic E-state index is 13.1. The summed E-state index contributed by atoms with van der Waals surface area (Å²) in [5.41, 5.74) is 7.34. The summed E-state index contributed by atoms with van der Waals surface area (Å²) >= 11 is 6.32. The second-order valence-electron chi connectivity index (χ2n) is 13.4. The maximum atomic E-state index is 13.1. The number of sulfone groups is 1. The highest BCUT2D eigenvalue weighted by atomic mass is 35.5. The highest BCUT2D eigenvalue weighted by molar-refractivity contribution is 7.90. The molecule has 5 rings (SSSR count). The van der Waals surface area contributed by atoms with E-state index in [1.807, 2.05) is 12.1 Å². The molecule has 2 N–H and O–H groups in total. The summed E-state index contributed by atoms with van der Waals surface area (Å²) in [7, 11) is -3.41. The number of carbonyl (C=O) groups excluding carboxylic acids is 2. The third kappa shape index (κ3) is 8.30. The molecule has 2 saturated heterocycles. The SMILES string of the molecule is CCOC(=O)C1CC2(CCN(c3cc(OCc4ccc(Cl)cc4-c4cccc(S(C)(=O)=O)c4)nc(N)n3)CC2)CN1C(=O)OC(C)(C)C. The lowest BCUT2D eigenvalue weighted by molar-refractivity contribution is -0.148. The number of aromatic nitrogens is 2. The number of halogens is 1. The minimum absolute atomic E-state index is 0.0549. The Balaban J connectivity index is 1.30. The predicted octanol–water partition coefficient (Wildman–Crippen LogP) is 5.52. The van der Waals surface area contributed by atoms with Gasteiger partial charge < -0.3 is 24.8 Å². The largest absolute Gasteiger partial charge is 0.473 e. The van der Waals surface area contributed by atoms with Gasteiger partial charge in [-0.2, -0.15) is 9.97 Å². The number of rotatable bonds is 8. The molecule has 2 aliphatic heterocycles. The summed E-state index contributed by atoms with van der Waals surface area (Å²) < 4.78 is 41.4. The minimum Gasteiger partial charge on any atom is -0.473 e. The molecular formula is C34H42ClN5O7S. The molecule has 1 unspecified atom stereocenters. The summed E-state index contributed by atoms with van der Waals surface area (Å²) in [6.45, 7) is 9.13. The van der Waals surface area contributed by atoms with Crippen molar-refractivity contribution >= 4 is 45.3 Å². The van der Waals surface area contributed by atoms with Crippen LogP contribution in [0.4, 0.5) is 16.6 Å². The van der Waals surface area contributed by atoms with Gasteiger partial charge in [0.15, 0.2) is 9.84 Å². The summed E-state index contributed by atoms with van der Waals surface area (Å²) in [6, 6.07) is 13.0. The fourth-order valence-electron chi connectivity index (χ4n) is 6.25. The van der Waals surface area contributed by atoms with Crippen molar-refractivity contribution in [3.05, 3.63) is 59.1 Å². The number of nitrogens with zero attached hydrogens (tertiary/aromatic N) is 4. The van der Waals surface area contributed by atoms with E-state index >= 15 is 0 Å². The molecule has 14 heteroatoms. The van der Waals surface area contributed by atoms with Crippen LogP contribution in [-0.2, 0) is 30.7 Å². The normalized spacial score (nSPS) is 17.8. The summed E-state index contributed by atoms with van der Waals surface area (Å²) in [5, 5.41) is 0.500. The van der Waals surface area contributed by atoms with Crippen LogP contribution in [0.2, 0.25) is 5.02 Å². The van der Waals surface area contributed by atoms with Gasteiger partial charge in [0.25, 0.3) is 0 Å². The summed E-state index contributed by atoms with van der Waals surface area (Å²) in [4.78, 5) is 38.6. The molecule has 1 spiro atoms. The van der Waals surface area contributed by atoms with Gasteiger partial charge in [0.2, 0.25) is 11.8 Å². The third-order valence-corrected chi connectivity index (χ3v) is 9.92. The zero-order valence-electron chi connectivity index (χ0n) is 27.9. The van der Waals surface area contributed by atoms with Crippen LogP contribution in [0.3, 0.4) is 0 Å². The number of likely N-dealkylation sites (tertiary alicyclic amines) is 1. The van der Waals surface area contributed by atoms with Crippen molar-refractivity contribution in [2.24, 2.45) is 5.41 Å². The van der Waals surface area contributed by atoms with Crippen LogP contribution in [0.15, 0.2) is 53.4 Å². The molecular weight excluding hydrogens is 658 g/mol. The lowest BCUT2D eigenvalue weighted by atomic mass is 9.76. The van der Waals surface area contributed by atoms with E-state index in [0.717, 1.165) is 11.1 Å². The molecule has 1 amide bonds. The molecule has 0 bridgehead atoms. The monoisotopic (exact) mass is 699 g/mol. The number of hydrogen-bond acceptors (Lipinski definition) is 11. The van der Waals surface area contributed by atoms with Gasteiger partial charge in [0, 0.05) is 37.0 Å². The van der Waals surface area contributed by atoms with Crippen molar-refractivity contribution in [2.75, 3.05) is 43.1 Å². The van der Waals surface area contributed by atoms with Crippen LogP contribution >= 0.6 is 11.6 Å². The van der Waals surface area contributed by atoms with E-state index in [-0.39, 0.29) is 35.4 Å². The highest BCUT2D eigenvalue weighted by Gasteiger charge is 2.51. The Morgan fingerprint density at radius 3 is 2.48 bits per heavy atom. The lowest BCUT2D eigenvalue weighted by Crippen LogP contribution is -2.45. The van der Waals surface area contributed by atoms with Gasteiger partial charge in [-0.25, -0.2) is 18.0 Å². The Kier molecular flexibility index (Phi) is 10.1. The molecule has 2 aliphatic rings. The van der Waals surface area contributed by atoms with Gasteiger partial charge in [0.05, 0.1) is 11.5 Å². The van der Waals surface area contributed by atoms with Gasteiger partial charge in [-0.15, -0.1) is 0 Å². The van der Waals surface area contributed by atoms with Crippen LogP contribution < -0.4 is 15.4 Å². The Hall–Kier alpha value is -4.10. The van der Waals surface area contributed by atoms with Gasteiger partial charge in [-0.3, -0.25) is 4.90 Å². The zero-order chi connectivity index (χ0) is 34.9. The molecule has 12 nitrogen and oxygen atoms in total. The number of carbonyl (C=O) groups is 2. The maximum Gasteiger partial charge on any atom is 0.411 e. The van der Waals surface area contributed by atoms with E-state index in [4.69, 9.17) is 31.5 Å². The molecule has 258 valence electrons. The number of anilines is 2. The Labute approximate surface area is 286 Å². The van der Waals surface area contributed by atoms with E-state index in [9.17, 15) is 18.0 Å². The van der Waals surface area contributed by atoms with Gasteiger partial charge in [-0.1, -0.05) is 29.8 Å². The fraction of sp³-hybridized carbons (Fsp3) is 0.471. The van der Waals surface area contributed by atoms with Gasteiger partial charge in [0.1, 0.15) is 24.1 Å². The first kappa shape index (κ1) is 35.2. The second kappa shape index (κ2) is 13.8. The fourth-order valence-corrected chi connectivity index (χ4v) is 7.08. The molecule has 2 aromatic carbocycles. The predicted molar refractivity (Wildman–Crippen MR) is 183 cm³/mol. The molecule has 48 heavy (non-hydrogen) atoms. The van der Waals surface area contributed by atoms with Crippen molar-refractivity contribution in [1.29, 1.82) is 0 Å². The van der Waals surface area contributed by atoms with E-state index in [0.29, 0.717) is 55.3 Å². The van der Waals surface area contributed by atoms with Crippen molar-refractivity contribution in [3.63, 3.8) is 0 Å².